The third-order valence-electron chi connectivity index (χ3n) is 3.90. The first kappa shape index (κ1) is 15.8. The van der Waals surface area contributed by atoms with Gasteiger partial charge < -0.3 is 11.1 Å². The van der Waals surface area contributed by atoms with Gasteiger partial charge in [-0.05, 0) is 37.0 Å². The summed E-state index contributed by atoms with van der Waals surface area (Å²) in [6.45, 7) is 2.20. The van der Waals surface area contributed by atoms with Gasteiger partial charge in [0.2, 0.25) is 0 Å². The third-order valence-corrected chi connectivity index (χ3v) is 3.90. The molecule has 0 heterocycles. The monoisotopic (exact) mass is 282 g/mol. The van der Waals surface area contributed by atoms with Crippen molar-refractivity contribution in [2.45, 2.75) is 45.1 Å². The molecule has 1 aromatic rings. The summed E-state index contributed by atoms with van der Waals surface area (Å²) in [6, 6.07) is 7.50. The SMILES string of the molecule is CCC1CCCCC1NC(=O)c1cccc(N)c1.Cl. The Kier molecular flexibility index (Phi) is 6.16. The van der Waals surface area contributed by atoms with Crippen molar-refractivity contribution < 1.29 is 4.79 Å². The van der Waals surface area contributed by atoms with Crippen LogP contribution in [0.4, 0.5) is 5.69 Å². The molecule has 1 fully saturated rings. The number of carbonyl (C=O) groups excluding carboxylic acids is 1. The number of benzene rings is 1. The lowest BCUT2D eigenvalue weighted by Gasteiger charge is -2.31. The van der Waals surface area contributed by atoms with Crippen molar-refractivity contribution in [3.05, 3.63) is 29.8 Å². The number of halogens is 1. The highest BCUT2D eigenvalue weighted by Gasteiger charge is 2.25. The Bertz CT molecular complexity index is 422. The normalized spacial score (nSPS) is 22.4. The highest BCUT2D eigenvalue weighted by atomic mass is 35.5. The lowest BCUT2D eigenvalue weighted by Crippen LogP contribution is -2.41. The second kappa shape index (κ2) is 7.39. The van der Waals surface area contributed by atoms with E-state index in [9.17, 15) is 4.79 Å². The molecule has 0 aliphatic heterocycles. The quantitative estimate of drug-likeness (QED) is 0.835. The molecule has 0 aromatic heterocycles. The Morgan fingerprint density at radius 2 is 2.11 bits per heavy atom. The molecule has 1 aromatic carbocycles. The van der Waals surface area contributed by atoms with Crippen LogP contribution in [0.2, 0.25) is 0 Å². The van der Waals surface area contributed by atoms with Crippen molar-refractivity contribution in [1.29, 1.82) is 0 Å². The minimum atomic E-state index is 0. The number of nitrogens with two attached hydrogens (primary N) is 1. The molecule has 19 heavy (non-hydrogen) atoms. The van der Waals surface area contributed by atoms with Crippen LogP contribution in [0.5, 0.6) is 0 Å². The average molecular weight is 283 g/mol. The van der Waals surface area contributed by atoms with Gasteiger partial charge in [0.25, 0.3) is 5.91 Å². The summed E-state index contributed by atoms with van der Waals surface area (Å²) in [6.07, 6.45) is 5.99. The number of nitrogen functional groups attached to an aromatic ring is 1. The summed E-state index contributed by atoms with van der Waals surface area (Å²) < 4.78 is 0. The molecule has 0 spiro atoms. The minimum Gasteiger partial charge on any atom is -0.399 e. The van der Waals surface area contributed by atoms with Gasteiger partial charge in [-0.2, -0.15) is 0 Å². The van der Waals surface area contributed by atoms with Gasteiger partial charge in [0, 0.05) is 17.3 Å². The Hall–Kier alpha value is -1.22. The zero-order valence-corrected chi connectivity index (χ0v) is 12.2. The number of hydrogen-bond acceptors (Lipinski definition) is 2. The van der Waals surface area contributed by atoms with E-state index in [1.807, 2.05) is 12.1 Å². The first-order valence-electron chi connectivity index (χ1n) is 6.87. The van der Waals surface area contributed by atoms with Crippen molar-refractivity contribution in [2.24, 2.45) is 5.92 Å². The van der Waals surface area contributed by atoms with Crippen molar-refractivity contribution in [3.8, 4) is 0 Å². The molecule has 0 radical (unpaired) electrons. The summed E-state index contributed by atoms with van der Waals surface area (Å²) in [5.74, 6) is 0.636. The van der Waals surface area contributed by atoms with E-state index in [4.69, 9.17) is 5.73 Å². The molecule has 2 unspecified atom stereocenters. The molecule has 1 aliphatic carbocycles. The van der Waals surface area contributed by atoms with Crippen LogP contribution in [0.3, 0.4) is 0 Å². The van der Waals surface area contributed by atoms with E-state index in [0.29, 0.717) is 23.2 Å². The van der Waals surface area contributed by atoms with E-state index in [1.165, 1.54) is 19.3 Å². The van der Waals surface area contributed by atoms with Gasteiger partial charge >= 0.3 is 0 Å². The molecule has 3 N–H and O–H groups in total. The average Bonchev–Trinajstić information content (AvgIpc) is 2.39. The van der Waals surface area contributed by atoms with Crippen molar-refractivity contribution in [3.63, 3.8) is 0 Å². The molecule has 2 atom stereocenters. The number of amides is 1. The summed E-state index contributed by atoms with van der Waals surface area (Å²) in [4.78, 5) is 12.2. The molecule has 1 amide bonds. The largest absolute Gasteiger partial charge is 0.399 e. The van der Waals surface area contributed by atoms with Gasteiger partial charge in [-0.1, -0.05) is 32.3 Å². The first-order chi connectivity index (χ1) is 8.70. The Balaban J connectivity index is 0.00000180. The molecule has 0 bridgehead atoms. The van der Waals surface area contributed by atoms with E-state index in [0.717, 1.165) is 12.8 Å². The maximum atomic E-state index is 12.2. The smallest absolute Gasteiger partial charge is 0.251 e. The zero-order chi connectivity index (χ0) is 13.0. The third kappa shape index (κ3) is 4.13. The van der Waals surface area contributed by atoms with Gasteiger partial charge in [-0.15, -0.1) is 12.4 Å². The van der Waals surface area contributed by atoms with Crippen LogP contribution < -0.4 is 11.1 Å². The highest BCUT2D eigenvalue weighted by Crippen LogP contribution is 2.27. The van der Waals surface area contributed by atoms with Crippen LogP contribution in [-0.4, -0.2) is 11.9 Å². The van der Waals surface area contributed by atoms with Gasteiger partial charge in [-0.3, -0.25) is 4.79 Å². The van der Waals surface area contributed by atoms with Crippen LogP contribution in [-0.2, 0) is 0 Å². The molecule has 2 rings (SSSR count). The molecule has 0 saturated heterocycles. The van der Waals surface area contributed by atoms with Gasteiger partial charge in [0.15, 0.2) is 0 Å². The van der Waals surface area contributed by atoms with E-state index in [-0.39, 0.29) is 18.3 Å². The van der Waals surface area contributed by atoms with Gasteiger partial charge in [-0.25, -0.2) is 0 Å². The fourth-order valence-corrected chi connectivity index (χ4v) is 2.82. The molecular formula is C15H23ClN2O. The Morgan fingerprint density at radius 3 is 2.79 bits per heavy atom. The fourth-order valence-electron chi connectivity index (χ4n) is 2.82. The van der Waals surface area contributed by atoms with E-state index < -0.39 is 0 Å². The van der Waals surface area contributed by atoms with E-state index >= 15 is 0 Å². The van der Waals surface area contributed by atoms with Crippen LogP contribution in [0.25, 0.3) is 0 Å². The van der Waals surface area contributed by atoms with Crippen molar-refractivity contribution in [1.82, 2.24) is 5.32 Å². The molecule has 1 aliphatic rings. The van der Waals surface area contributed by atoms with Gasteiger partial charge in [0.05, 0.1) is 0 Å². The van der Waals surface area contributed by atoms with Crippen molar-refractivity contribution >= 4 is 24.0 Å². The standard InChI is InChI=1S/C15H22N2O.ClH/c1-2-11-6-3-4-9-14(11)17-15(18)12-7-5-8-13(16)10-12;/h5,7-8,10-11,14H,2-4,6,9,16H2,1H3,(H,17,18);1H. The number of rotatable bonds is 3. The van der Waals surface area contributed by atoms with E-state index in [2.05, 4.69) is 12.2 Å². The molecule has 3 nitrogen and oxygen atoms in total. The minimum absolute atomic E-state index is 0. The summed E-state index contributed by atoms with van der Waals surface area (Å²) >= 11 is 0. The second-order valence-electron chi connectivity index (χ2n) is 5.16. The summed E-state index contributed by atoms with van der Waals surface area (Å²) in [5.41, 5.74) is 7.00. The Labute approximate surface area is 121 Å². The topological polar surface area (TPSA) is 55.1 Å². The number of carbonyl (C=O) groups is 1. The predicted molar refractivity (Wildman–Crippen MR) is 81.6 cm³/mol. The molecule has 4 heteroatoms. The lowest BCUT2D eigenvalue weighted by atomic mass is 9.83. The Morgan fingerprint density at radius 1 is 1.37 bits per heavy atom. The fraction of sp³-hybridized carbons (Fsp3) is 0.533. The zero-order valence-electron chi connectivity index (χ0n) is 11.4. The first-order valence-corrected chi connectivity index (χ1v) is 6.87. The number of nitrogens with one attached hydrogen (secondary N) is 1. The second-order valence-corrected chi connectivity index (χ2v) is 5.16. The molecule has 1 saturated carbocycles. The lowest BCUT2D eigenvalue weighted by molar-refractivity contribution is 0.0905. The van der Waals surface area contributed by atoms with Crippen molar-refractivity contribution in [2.75, 3.05) is 5.73 Å². The summed E-state index contributed by atoms with van der Waals surface area (Å²) in [7, 11) is 0. The number of anilines is 1. The maximum Gasteiger partial charge on any atom is 0.251 e. The summed E-state index contributed by atoms with van der Waals surface area (Å²) in [5, 5.41) is 3.17. The van der Waals surface area contributed by atoms with Crippen LogP contribution in [0.1, 0.15) is 49.4 Å². The van der Waals surface area contributed by atoms with Crippen LogP contribution >= 0.6 is 12.4 Å². The highest BCUT2D eigenvalue weighted by molar-refractivity contribution is 5.95. The van der Waals surface area contributed by atoms with Crippen LogP contribution in [0, 0.1) is 5.92 Å². The predicted octanol–water partition coefficient (Wildman–Crippen LogP) is 3.39. The van der Waals surface area contributed by atoms with Gasteiger partial charge in [0.1, 0.15) is 0 Å². The van der Waals surface area contributed by atoms with E-state index in [1.54, 1.807) is 12.1 Å². The molecule has 106 valence electrons. The number of hydrogen-bond donors (Lipinski definition) is 2. The molecular weight excluding hydrogens is 260 g/mol. The van der Waals surface area contributed by atoms with Crippen LogP contribution in [0.15, 0.2) is 24.3 Å². The maximum absolute atomic E-state index is 12.2.